The lowest BCUT2D eigenvalue weighted by atomic mass is 9.86. The molecule has 8 aromatic rings. The van der Waals surface area contributed by atoms with Gasteiger partial charge in [0.05, 0.1) is 4.88 Å². The molecule has 1 aliphatic carbocycles. The van der Waals surface area contributed by atoms with E-state index in [1.807, 2.05) is 24.3 Å². The summed E-state index contributed by atoms with van der Waals surface area (Å²) in [5.41, 5.74) is 12.2. The van der Waals surface area contributed by atoms with E-state index in [1.54, 1.807) is 23.6 Å². The summed E-state index contributed by atoms with van der Waals surface area (Å²) in [7, 11) is 0. The molecule has 0 aliphatic heterocycles. The van der Waals surface area contributed by atoms with Crippen LogP contribution in [0.15, 0.2) is 200 Å². The fourth-order valence-electron chi connectivity index (χ4n) is 8.08. The standard InChI is InChI=1S/C54H40N4O2S2/c1-2-47-49(50-31-32-51(62-50)53-56-36-46(61-53)33-39(35-55)54(59)60)34-48(37-23-27-44(28-24-37)57(40-15-7-3-8-16-40)41-17-9-4-10-18-41)52(47)38-25-29-45(30-26-38)58(42-19-11-5-12-20-42)43-21-13-6-14-22-43/h3-34,36,47H,2H2,1H3,(H,59,60)/b39-33+. The number of benzene rings is 6. The highest BCUT2D eigenvalue weighted by molar-refractivity contribution is 7.22. The number of thiophene rings is 1. The van der Waals surface area contributed by atoms with Gasteiger partial charge in [0.15, 0.2) is 0 Å². The van der Waals surface area contributed by atoms with Crippen LogP contribution in [0.5, 0.6) is 0 Å². The lowest BCUT2D eigenvalue weighted by molar-refractivity contribution is -0.132. The first-order chi connectivity index (χ1) is 30.5. The molecule has 0 fully saturated rings. The van der Waals surface area contributed by atoms with Crippen molar-refractivity contribution in [3.05, 3.63) is 221 Å². The van der Waals surface area contributed by atoms with E-state index in [0.717, 1.165) is 60.9 Å². The molecule has 2 aromatic heterocycles. The van der Waals surface area contributed by atoms with Gasteiger partial charge in [-0.25, -0.2) is 9.78 Å². The Morgan fingerprint density at radius 2 is 1.08 bits per heavy atom. The maximum Gasteiger partial charge on any atom is 0.346 e. The number of allylic oxidation sites excluding steroid dienone is 4. The van der Waals surface area contributed by atoms with Gasteiger partial charge in [-0.15, -0.1) is 22.7 Å². The molecular weight excluding hydrogens is 801 g/mol. The van der Waals surface area contributed by atoms with Gasteiger partial charge in [0.1, 0.15) is 16.6 Å². The van der Waals surface area contributed by atoms with Crippen molar-refractivity contribution in [3.8, 4) is 16.0 Å². The van der Waals surface area contributed by atoms with E-state index < -0.39 is 5.97 Å². The molecule has 300 valence electrons. The van der Waals surface area contributed by atoms with Crippen LogP contribution >= 0.6 is 22.7 Å². The van der Waals surface area contributed by atoms with E-state index in [0.29, 0.717) is 4.88 Å². The topological polar surface area (TPSA) is 80.5 Å². The number of carboxylic acid groups (broad SMARTS) is 1. The number of hydrogen-bond acceptors (Lipinski definition) is 7. The Morgan fingerprint density at radius 1 is 0.629 bits per heavy atom. The molecule has 0 amide bonds. The molecule has 6 aromatic carbocycles. The van der Waals surface area contributed by atoms with Gasteiger partial charge >= 0.3 is 5.97 Å². The Kier molecular flexibility index (Phi) is 11.5. The number of aliphatic carboxylic acids is 1. The fourth-order valence-corrected chi connectivity index (χ4v) is 10.1. The van der Waals surface area contributed by atoms with Crippen LogP contribution < -0.4 is 9.80 Å². The number of thiazole rings is 1. The zero-order valence-corrected chi connectivity index (χ0v) is 35.4. The third-order valence-electron chi connectivity index (χ3n) is 10.9. The van der Waals surface area contributed by atoms with Gasteiger partial charge in [0, 0.05) is 56.0 Å². The van der Waals surface area contributed by atoms with E-state index in [2.05, 4.69) is 186 Å². The SMILES string of the molecule is CCC1C(c2ccc(-c3ncc(/C=C(\C#N)C(=O)O)s3)s2)=CC(c2ccc(N(c3ccccc3)c3ccccc3)cc2)=C1c1ccc(N(c2ccccc2)c2ccccc2)cc1. The first kappa shape index (κ1) is 39.9. The van der Waals surface area contributed by atoms with Crippen LogP contribution in [-0.4, -0.2) is 16.1 Å². The van der Waals surface area contributed by atoms with Crippen molar-refractivity contribution in [3.63, 3.8) is 0 Å². The van der Waals surface area contributed by atoms with Gasteiger partial charge in [-0.1, -0.05) is 104 Å². The molecule has 1 unspecified atom stereocenters. The summed E-state index contributed by atoms with van der Waals surface area (Å²) in [6.45, 7) is 2.26. The van der Waals surface area contributed by atoms with Gasteiger partial charge in [0.2, 0.25) is 0 Å². The lowest BCUT2D eigenvalue weighted by Crippen LogP contribution is -2.10. The summed E-state index contributed by atoms with van der Waals surface area (Å²) in [6, 6.07) is 65.8. The number of carboxylic acids is 1. The number of carbonyl (C=O) groups is 1. The summed E-state index contributed by atoms with van der Waals surface area (Å²) in [6.07, 6.45) is 6.27. The van der Waals surface area contributed by atoms with Gasteiger partial charge in [-0.3, -0.25) is 0 Å². The Labute approximate surface area is 369 Å². The molecule has 2 heterocycles. The second-order valence-electron chi connectivity index (χ2n) is 14.7. The van der Waals surface area contributed by atoms with Crippen molar-refractivity contribution in [2.75, 3.05) is 9.80 Å². The predicted octanol–water partition coefficient (Wildman–Crippen LogP) is 14.8. The molecule has 1 atom stereocenters. The molecule has 0 saturated carbocycles. The van der Waals surface area contributed by atoms with Crippen LogP contribution in [0.1, 0.15) is 34.2 Å². The molecule has 0 bridgehead atoms. The number of hydrogen-bond donors (Lipinski definition) is 1. The van der Waals surface area contributed by atoms with E-state index >= 15 is 0 Å². The van der Waals surface area contributed by atoms with E-state index in [9.17, 15) is 15.2 Å². The van der Waals surface area contributed by atoms with Crippen molar-refractivity contribution in [1.82, 2.24) is 4.98 Å². The maximum atomic E-state index is 11.5. The van der Waals surface area contributed by atoms with Crippen molar-refractivity contribution < 1.29 is 9.90 Å². The van der Waals surface area contributed by atoms with E-state index in [1.165, 1.54) is 39.7 Å². The Morgan fingerprint density at radius 3 is 1.53 bits per heavy atom. The monoisotopic (exact) mass is 840 g/mol. The molecule has 0 spiro atoms. The summed E-state index contributed by atoms with van der Waals surface area (Å²) < 4.78 is 0. The number of aromatic nitrogens is 1. The Balaban J connectivity index is 1.12. The number of nitriles is 1. The van der Waals surface area contributed by atoms with E-state index in [4.69, 9.17) is 0 Å². The molecule has 8 heteroatoms. The predicted molar refractivity (Wildman–Crippen MR) is 257 cm³/mol. The highest BCUT2D eigenvalue weighted by atomic mass is 32.1. The summed E-state index contributed by atoms with van der Waals surface area (Å²) >= 11 is 3.06. The smallest absolute Gasteiger partial charge is 0.346 e. The third-order valence-corrected chi connectivity index (χ3v) is 13.2. The Bertz CT molecular complexity index is 2890. The molecule has 1 N–H and O–H groups in total. The lowest BCUT2D eigenvalue weighted by Gasteiger charge is -2.26. The fraction of sp³-hybridized carbons (Fsp3) is 0.0556. The van der Waals surface area contributed by atoms with Gasteiger partial charge < -0.3 is 14.9 Å². The second-order valence-corrected chi connectivity index (χ2v) is 16.8. The van der Waals surface area contributed by atoms with Crippen LogP contribution in [0, 0.1) is 17.2 Å². The van der Waals surface area contributed by atoms with Gasteiger partial charge in [0.25, 0.3) is 0 Å². The minimum absolute atomic E-state index is 0.120. The van der Waals surface area contributed by atoms with Crippen molar-refractivity contribution in [1.29, 1.82) is 5.26 Å². The number of anilines is 6. The minimum Gasteiger partial charge on any atom is -0.477 e. The average Bonchev–Trinajstić information content (AvgIpc) is 4.10. The number of nitrogens with zero attached hydrogens (tertiary/aromatic N) is 4. The molecular formula is C54H40N4O2S2. The maximum absolute atomic E-state index is 11.5. The molecule has 9 rings (SSSR count). The molecule has 6 nitrogen and oxygen atoms in total. The molecule has 62 heavy (non-hydrogen) atoms. The third kappa shape index (κ3) is 8.15. The highest BCUT2D eigenvalue weighted by Crippen LogP contribution is 2.51. The first-order valence-corrected chi connectivity index (χ1v) is 22.0. The van der Waals surface area contributed by atoms with Crippen LogP contribution in [0.2, 0.25) is 0 Å². The molecule has 0 saturated heterocycles. The highest BCUT2D eigenvalue weighted by Gasteiger charge is 2.31. The summed E-state index contributed by atoms with van der Waals surface area (Å²) in [5.74, 6) is -1.13. The van der Waals surface area contributed by atoms with Crippen molar-refractivity contribution in [2.24, 2.45) is 5.92 Å². The Hall–Kier alpha value is -7.57. The van der Waals surface area contributed by atoms with Gasteiger partial charge in [-0.2, -0.15) is 5.26 Å². The number of para-hydroxylation sites is 4. The normalized spacial score (nSPS) is 13.7. The summed E-state index contributed by atoms with van der Waals surface area (Å²) in [5, 5.41) is 19.5. The first-order valence-electron chi connectivity index (χ1n) is 20.4. The average molecular weight is 841 g/mol. The van der Waals surface area contributed by atoms with Gasteiger partial charge in [-0.05, 0) is 131 Å². The van der Waals surface area contributed by atoms with Crippen LogP contribution in [-0.2, 0) is 4.79 Å². The van der Waals surface area contributed by atoms with Crippen LogP contribution in [0.3, 0.4) is 0 Å². The van der Waals surface area contributed by atoms with Crippen LogP contribution in [0.25, 0.3) is 32.7 Å². The summed E-state index contributed by atoms with van der Waals surface area (Å²) in [4.78, 5) is 23.4. The minimum atomic E-state index is -1.25. The second kappa shape index (κ2) is 18.0. The zero-order chi connectivity index (χ0) is 42.4. The van der Waals surface area contributed by atoms with Crippen LogP contribution in [0.4, 0.5) is 34.1 Å². The van der Waals surface area contributed by atoms with E-state index in [-0.39, 0.29) is 11.5 Å². The quantitative estimate of drug-likeness (QED) is 0.0920. The van der Waals surface area contributed by atoms with Crippen molar-refractivity contribution in [2.45, 2.75) is 13.3 Å². The molecule has 0 radical (unpaired) electrons. The van der Waals surface area contributed by atoms with Crippen molar-refractivity contribution >= 4 is 85.6 Å². The zero-order valence-electron chi connectivity index (χ0n) is 33.8. The largest absolute Gasteiger partial charge is 0.477 e. The number of rotatable bonds is 13. The molecule has 1 aliphatic rings.